The molecular formula is C99H113BrF6N6O9P2. The molecule has 0 spiro atoms. The maximum Gasteiger partial charge on any atom is 0.416 e. The van der Waals surface area contributed by atoms with Crippen LogP contribution >= 0.6 is 31.8 Å². The number of fused-ring (bicyclic) bond motifs is 2. The molecular weight excluding hydrogens is 1670 g/mol. The van der Waals surface area contributed by atoms with Gasteiger partial charge in [0.25, 0.3) is 0 Å². The third-order valence-corrected chi connectivity index (χ3v) is 27.6. The molecule has 15 rings (SSSR count). The monoisotopic (exact) mass is 1780 g/mol. The minimum atomic E-state index is -4.32. The summed E-state index contributed by atoms with van der Waals surface area (Å²) in [7, 11) is -1.65. The zero-order chi connectivity index (χ0) is 87.2. The lowest BCUT2D eigenvalue weighted by molar-refractivity contribution is -0.138. The highest BCUT2D eigenvalue weighted by molar-refractivity contribution is 9.10. The Kier molecular flexibility index (Phi) is 32.8. The van der Waals surface area contributed by atoms with Crippen molar-refractivity contribution in [2.24, 2.45) is 11.8 Å². The number of nitrogens with one attached hydrogen (secondary N) is 1. The molecule has 0 unspecified atom stereocenters. The maximum atomic E-state index is 12.7. The second kappa shape index (κ2) is 43.5. The molecule has 0 saturated carbocycles. The van der Waals surface area contributed by atoms with Crippen LogP contribution in [0.5, 0.6) is 23.0 Å². The van der Waals surface area contributed by atoms with Crippen molar-refractivity contribution in [1.29, 1.82) is 0 Å². The quantitative estimate of drug-likeness (QED) is 0.0369. The van der Waals surface area contributed by atoms with Gasteiger partial charge in [-0.25, -0.2) is 9.59 Å². The van der Waals surface area contributed by atoms with Gasteiger partial charge in [0.15, 0.2) is 0 Å². The average Bonchev–Trinajstić information content (AvgIpc) is 1.00. The second-order valence-corrected chi connectivity index (χ2v) is 39.3. The molecule has 4 saturated heterocycles. The number of likely N-dealkylation sites (tertiary alicyclic amines) is 2. The molecule has 652 valence electrons. The van der Waals surface area contributed by atoms with E-state index in [2.05, 4.69) is 208 Å². The summed E-state index contributed by atoms with van der Waals surface area (Å²) in [6.07, 6.45) is 7.88. The standard InChI is InChI=1S/C39H32OP2.C30H40F3N3O4.C15H21BrN2O3.C15H20F3NO/c1-39(2)33-25-15-27-35(41(29-17-7-3-8-18-29)30-19-9-4-10-20-30)37(33)40-38-34(39)26-16-28-36(38)42(31-21-11-5-12-22-31)32-23-13-6-14-24-32;1-29(2,3)40-28(37)36-13-4-5-25(36)21-39-27-17-26(18-34-19-27)35-14-10-22(11-15-35)12-16-38-20-23-6-8-24(9-7-23)30(31,32)33;1-15(2,3)21-14(19)18-6-4-5-12(18)10-20-13-7-11(16)8-17-9-13;16-15(17,18)14-3-1-13(2-4-14)11-20-10-7-12-5-8-19-9-6-12/h3-28H,1-2H3;6-9,17-19,22,25H,4-5,10-16,20-21H2,1-3H3;7-9,12H,4-6,10H2,1-3H3;1-4,12,19H,5-11H2/t;25-;12-;/m.00./s1. The van der Waals surface area contributed by atoms with Crippen molar-refractivity contribution in [2.75, 3.05) is 70.6 Å². The number of carbonyl (C=O) groups excluding carboxylic acids is 2. The fourth-order valence-electron chi connectivity index (χ4n) is 15.8. The number of piperidine rings is 2. The zero-order valence-electron chi connectivity index (χ0n) is 71.4. The number of para-hydroxylation sites is 2. The molecule has 8 aromatic carbocycles. The number of pyridine rings is 2. The molecule has 123 heavy (non-hydrogen) atoms. The second-order valence-electron chi connectivity index (χ2n) is 34.0. The summed E-state index contributed by atoms with van der Waals surface area (Å²) < 4.78 is 117. The minimum absolute atomic E-state index is 0.0179. The van der Waals surface area contributed by atoms with E-state index in [0.29, 0.717) is 69.5 Å². The van der Waals surface area contributed by atoms with Crippen LogP contribution in [0.25, 0.3) is 0 Å². The molecule has 0 aliphatic carbocycles. The Labute approximate surface area is 731 Å². The summed E-state index contributed by atoms with van der Waals surface area (Å²) in [5.41, 5.74) is 2.54. The molecule has 10 aromatic rings. The lowest BCUT2D eigenvalue weighted by atomic mass is 9.76. The fraction of sp³-hybridized carbons (Fsp3) is 0.394. The van der Waals surface area contributed by atoms with Gasteiger partial charge in [-0.15, -0.1) is 0 Å². The normalized spacial score (nSPS) is 16.6. The Balaban J connectivity index is 0.000000158. The number of halogens is 7. The Morgan fingerprint density at radius 2 is 0.870 bits per heavy atom. The lowest BCUT2D eigenvalue weighted by Crippen LogP contribution is -2.42. The van der Waals surface area contributed by atoms with E-state index >= 15 is 0 Å². The van der Waals surface area contributed by atoms with Gasteiger partial charge < -0.3 is 53.2 Å². The number of alkyl halides is 6. The van der Waals surface area contributed by atoms with Crippen molar-refractivity contribution in [3.8, 4) is 23.0 Å². The molecule has 4 fully saturated rings. The van der Waals surface area contributed by atoms with E-state index < -0.39 is 50.5 Å². The minimum Gasteiger partial charge on any atom is -0.490 e. The van der Waals surface area contributed by atoms with Crippen LogP contribution in [0.2, 0.25) is 0 Å². The first-order valence-electron chi connectivity index (χ1n) is 42.5. The summed E-state index contributed by atoms with van der Waals surface area (Å²) in [5, 5.41) is 11.1. The summed E-state index contributed by atoms with van der Waals surface area (Å²) in [5.74, 6) is 4.66. The third-order valence-electron chi connectivity index (χ3n) is 22.2. The van der Waals surface area contributed by atoms with E-state index in [0.717, 1.165) is 141 Å². The van der Waals surface area contributed by atoms with Crippen LogP contribution in [-0.4, -0.2) is 121 Å². The highest BCUT2D eigenvalue weighted by Gasteiger charge is 2.41. The lowest BCUT2D eigenvalue weighted by Gasteiger charge is -2.38. The van der Waals surface area contributed by atoms with Crippen molar-refractivity contribution >= 4 is 81.5 Å². The molecule has 15 nitrogen and oxygen atoms in total. The van der Waals surface area contributed by atoms with Crippen LogP contribution < -0.4 is 56.3 Å². The molecule has 0 bridgehead atoms. The Hall–Kier alpha value is -9.40. The topological polar surface area (TPSA) is 146 Å². The van der Waals surface area contributed by atoms with E-state index in [9.17, 15) is 35.9 Å². The highest BCUT2D eigenvalue weighted by Crippen LogP contribution is 2.52. The molecule has 2 amide bonds. The Morgan fingerprint density at radius 1 is 0.480 bits per heavy atom. The van der Waals surface area contributed by atoms with Crippen molar-refractivity contribution in [1.82, 2.24) is 25.1 Å². The predicted octanol–water partition coefficient (Wildman–Crippen LogP) is 21.6. The summed E-state index contributed by atoms with van der Waals surface area (Å²) in [6, 6.07) is 71.4. The molecule has 0 radical (unpaired) electrons. The Bertz CT molecular complexity index is 4750. The summed E-state index contributed by atoms with van der Waals surface area (Å²) in [6.45, 7) is 24.1. The molecule has 24 heteroatoms. The number of hydrogen-bond donors (Lipinski definition) is 1. The summed E-state index contributed by atoms with van der Waals surface area (Å²) >= 11 is 3.36. The van der Waals surface area contributed by atoms with Crippen molar-refractivity contribution < 1.29 is 69.1 Å². The molecule has 1 N–H and O–H groups in total. The van der Waals surface area contributed by atoms with Gasteiger partial charge >= 0.3 is 24.5 Å². The van der Waals surface area contributed by atoms with Crippen LogP contribution in [0, 0.1) is 11.8 Å². The number of anilines is 1. The van der Waals surface area contributed by atoms with Gasteiger partial charge in [0.05, 0.1) is 60.7 Å². The maximum absolute atomic E-state index is 12.7. The van der Waals surface area contributed by atoms with Crippen molar-refractivity contribution in [3.05, 3.63) is 281 Å². The summed E-state index contributed by atoms with van der Waals surface area (Å²) in [4.78, 5) is 39.0. The average molecular weight is 1790 g/mol. The van der Waals surface area contributed by atoms with Crippen LogP contribution in [0.4, 0.5) is 41.6 Å². The van der Waals surface area contributed by atoms with Crippen LogP contribution in [0.1, 0.15) is 153 Å². The van der Waals surface area contributed by atoms with E-state index in [4.69, 9.17) is 33.2 Å². The molecule has 7 heterocycles. The van der Waals surface area contributed by atoms with Crippen LogP contribution in [0.15, 0.2) is 248 Å². The molecule has 5 aliphatic rings. The Morgan fingerprint density at radius 3 is 1.26 bits per heavy atom. The van der Waals surface area contributed by atoms with E-state index in [1.807, 2.05) is 59.9 Å². The highest BCUT2D eigenvalue weighted by atomic mass is 79.9. The van der Waals surface area contributed by atoms with E-state index in [1.165, 1.54) is 80.1 Å². The van der Waals surface area contributed by atoms with Gasteiger partial charge in [0, 0.05) is 83.3 Å². The van der Waals surface area contributed by atoms with Crippen LogP contribution in [-0.2, 0) is 49.9 Å². The van der Waals surface area contributed by atoms with Gasteiger partial charge in [0.1, 0.15) is 47.4 Å². The zero-order valence-corrected chi connectivity index (χ0v) is 74.8. The van der Waals surface area contributed by atoms with Crippen LogP contribution in [0.3, 0.4) is 0 Å². The molecule has 2 atom stereocenters. The van der Waals surface area contributed by atoms with Gasteiger partial charge in [-0.1, -0.05) is 196 Å². The van der Waals surface area contributed by atoms with Gasteiger partial charge in [-0.05, 0) is 225 Å². The van der Waals surface area contributed by atoms with Crippen molar-refractivity contribution in [3.63, 3.8) is 0 Å². The first-order valence-corrected chi connectivity index (χ1v) is 46.0. The number of carbonyl (C=O) groups is 2. The fourth-order valence-corrected chi connectivity index (χ4v) is 20.9. The first-order chi connectivity index (χ1) is 59.0. The van der Waals surface area contributed by atoms with Gasteiger partial charge in [-0.2, -0.15) is 26.3 Å². The number of hydrogen-bond acceptors (Lipinski definition) is 13. The van der Waals surface area contributed by atoms with E-state index in [-0.39, 0.29) is 29.7 Å². The number of ether oxygens (including phenoxy) is 7. The number of nitrogens with zero attached hydrogens (tertiary/aromatic N) is 5. The number of rotatable bonds is 23. The predicted molar refractivity (Wildman–Crippen MR) is 484 cm³/mol. The smallest absolute Gasteiger partial charge is 0.416 e. The third kappa shape index (κ3) is 26.8. The molecule has 5 aliphatic heterocycles. The van der Waals surface area contributed by atoms with Gasteiger partial charge in [-0.3, -0.25) is 9.97 Å². The van der Waals surface area contributed by atoms with Gasteiger partial charge in [0.2, 0.25) is 0 Å². The molecule has 2 aromatic heterocycles. The van der Waals surface area contributed by atoms with E-state index in [1.54, 1.807) is 28.4 Å². The number of aromatic nitrogens is 2. The first kappa shape index (κ1) is 92.8. The largest absolute Gasteiger partial charge is 0.490 e. The number of benzene rings is 8. The SMILES string of the molecule is CC(C)(C)OC(=O)N1CCC[C@H]1COc1cncc(Br)c1.CC(C)(C)OC(=O)N1CCC[C@H]1COc1cncc(N2CCC(CCOCc3ccc(C(F)(F)F)cc3)CC2)c1.CC1(C)c2cccc(P(c3ccccc3)c3ccccc3)c2Oc2c(P(c3ccccc3)c3ccccc3)cccc21.FC(F)(F)c1ccc(COCCC2CCNCC2)cc1. The number of amides is 2. The van der Waals surface area contributed by atoms with Crippen molar-refractivity contribution in [2.45, 2.75) is 174 Å².